The number of para-hydroxylation sites is 1. The molecule has 2 N–H and O–H groups in total. The van der Waals surface area contributed by atoms with E-state index in [-0.39, 0.29) is 16.4 Å². The molecule has 1 heterocycles. The minimum absolute atomic E-state index is 0.0363. The molecule has 3 nitrogen and oxygen atoms in total. The molecule has 3 aromatic rings. The molecule has 1 atom stereocenters. The number of halogens is 1. The molecule has 0 fully saturated rings. The zero-order valence-electron chi connectivity index (χ0n) is 11.5. The third-order valence-electron chi connectivity index (χ3n) is 3.40. The van der Waals surface area contributed by atoms with E-state index in [0.29, 0.717) is 16.9 Å². The summed E-state index contributed by atoms with van der Waals surface area (Å²) in [5.74, 6) is -0.230. The highest BCUT2D eigenvalue weighted by Gasteiger charge is 2.20. The van der Waals surface area contributed by atoms with Crippen molar-refractivity contribution in [3.05, 3.63) is 70.1 Å². The molecule has 0 aliphatic carbocycles. The third kappa shape index (κ3) is 2.23. The van der Waals surface area contributed by atoms with E-state index in [2.05, 4.69) is 0 Å². The van der Waals surface area contributed by atoms with Crippen molar-refractivity contribution in [2.24, 2.45) is 5.73 Å². The topological polar surface area (TPSA) is 56.2 Å². The Morgan fingerprint density at radius 2 is 1.81 bits per heavy atom. The highest BCUT2D eigenvalue weighted by molar-refractivity contribution is 5.81. The van der Waals surface area contributed by atoms with Gasteiger partial charge in [0.1, 0.15) is 5.76 Å². The summed E-state index contributed by atoms with van der Waals surface area (Å²) >= 11 is 0. The van der Waals surface area contributed by atoms with Crippen LogP contribution in [0.25, 0.3) is 22.3 Å². The van der Waals surface area contributed by atoms with Gasteiger partial charge < -0.3 is 10.2 Å². The van der Waals surface area contributed by atoms with Gasteiger partial charge in [-0.05, 0) is 19.1 Å². The van der Waals surface area contributed by atoms with Crippen LogP contribution < -0.4 is 11.2 Å². The smallest absolute Gasteiger partial charge is 0.198 e. The highest BCUT2D eigenvalue weighted by Crippen LogP contribution is 2.29. The van der Waals surface area contributed by atoms with E-state index in [9.17, 15) is 9.18 Å². The molecule has 0 spiro atoms. The van der Waals surface area contributed by atoms with Gasteiger partial charge in [-0.3, -0.25) is 4.79 Å². The maximum absolute atomic E-state index is 13.9. The Hall–Kier alpha value is -2.46. The summed E-state index contributed by atoms with van der Waals surface area (Å²) in [6.45, 7) is 1.71. The highest BCUT2D eigenvalue weighted by atomic mass is 19.1. The van der Waals surface area contributed by atoms with E-state index in [1.165, 1.54) is 12.1 Å². The zero-order valence-corrected chi connectivity index (χ0v) is 11.5. The molecule has 0 saturated heterocycles. The molecule has 0 aliphatic heterocycles. The van der Waals surface area contributed by atoms with Crippen LogP contribution in [0.15, 0.2) is 57.7 Å². The first-order chi connectivity index (χ1) is 10.1. The van der Waals surface area contributed by atoms with E-state index in [0.717, 1.165) is 0 Å². The lowest BCUT2D eigenvalue weighted by Gasteiger charge is -2.12. The van der Waals surface area contributed by atoms with Gasteiger partial charge in [-0.25, -0.2) is 4.39 Å². The predicted octanol–water partition coefficient (Wildman–Crippen LogP) is 3.62. The number of hydrogen-bond acceptors (Lipinski definition) is 3. The van der Waals surface area contributed by atoms with Crippen LogP contribution in [-0.4, -0.2) is 0 Å². The van der Waals surface area contributed by atoms with Crippen LogP contribution in [-0.2, 0) is 0 Å². The van der Waals surface area contributed by atoms with Crippen LogP contribution in [0.4, 0.5) is 4.39 Å². The summed E-state index contributed by atoms with van der Waals surface area (Å²) in [4.78, 5) is 12.6. The minimum atomic E-state index is -0.557. The fourth-order valence-corrected chi connectivity index (χ4v) is 2.41. The van der Waals surface area contributed by atoms with E-state index in [1.807, 2.05) is 18.2 Å². The Morgan fingerprint density at radius 3 is 2.48 bits per heavy atom. The quantitative estimate of drug-likeness (QED) is 0.781. The average molecular weight is 283 g/mol. The average Bonchev–Trinajstić information content (AvgIpc) is 2.48. The summed E-state index contributed by atoms with van der Waals surface area (Å²) in [7, 11) is 0. The summed E-state index contributed by atoms with van der Waals surface area (Å²) in [6, 6.07) is 12.9. The van der Waals surface area contributed by atoms with Gasteiger partial charge in [0.25, 0.3) is 0 Å². The molecular formula is C17H14FNO2. The van der Waals surface area contributed by atoms with E-state index >= 15 is 0 Å². The summed E-state index contributed by atoms with van der Waals surface area (Å²) < 4.78 is 19.6. The second-order valence-electron chi connectivity index (χ2n) is 4.95. The minimum Gasteiger partial charge on any atom is -0.452 e. The van der Waals surface area contributed by atoms with Crippen LogP contribution in [0, 0.1) is 5.82 Å². The van der Waals surface area contributed by atoms with Crippen molar-refractivity contribution in [3.63, 3.8) is 0 Å². The summed E-state index contributed by atoms with van der Waals surface area (Å²) in [6.07, 6.45) is 0. The molecule has 0 aliphatic rings. The molecule has 0 radical (unpaired) electrons. The summed E-state index contributed by atoms with van der Waals surface area (Å²) in [5, 5.41) is 0.210. The van der Waals surface area contributed by atoms with Crippen molar-refractivity contribution < 1.29 is 8.81 Å². The van der Waals surface area contributed by atoms with Crippen LogP contribution >= 0.6 is 0 Å². The lowest BCUT2D eigenvalue weighted by atomic mass is 10.0. The summed E-state index contributed by atoms with van der Waals surface area (Å²) in [5.41, 5.74) is 6.67. The molecule has 0 bridgehead atoms. The number of nitrogens with two attached hydrogens (primary N) is 1. The van der Waals surface area contributed by atoms with Gasteiger partial charge in [0.05, 0.1) is 10.9 Å². The van der Waals surface area contributed by atoms with Gasteiger partial charge in [0.2, 0.25) is 0 Å². The number of rotatable bonds is 2. The van der Waals surface area contributed by atoms with Gasteiger partial charge in [-0.2, -0.15) is 0 Å². The van der Waals surface area contributed by atoms with Crippen molar-refractivity contribution in [2.45, 2.75) is 13.0 Å². The second kappa shape index (κ2) is 5.14. The molecule has 21 heavy (non-hydrogen) atoms. The Labute approximate surface area is 120 Å². The SMILES string of the molecule is CC(N)c1c(-c2ccccc2)oc2c(F)cccc2c1=O. The lowest BCUT2D eigenvalue weighted by Crippen LogP contribution is -2.19. The first-order valence-electron chi connectivity index (χ1n) is 6.66. The maximum atomic E-state index is 13.9. The van der Waals surface area contributed by atoms with Gasteiger partial charge >= 0.3 is 0 Å². The van der Waals surface area contributed by atoms with E-state index < -0.39 is 11.9 Å². The molecule has 4 heteroatoms. The van der Waals surface area contributed by atoms with E-state index in [4.69, 9.17) is 10.2 Å². The fourth-order valence-electron chi connectivity index (χ4n) is 2.41. The zero-order chi connectivity index (χ0) is 15.0. The first kappa shape index (κ1) is 13.5. The Bertz CT molecular complexity index is 854. The van der Waals surface area contributed by atoms with E-state index in [1.54, 1.807) is 25.1 Å². The molecule has 1 aromatic heterocycles. The van der Waals surface area contributed by atoms with Crippen molar-refractivity contribution >= 4 is 11.0 Å². The molecule has 2 aromatic carbocycles. The van der Waals surface area contributed by atoms with Crippen molar-refractivity contribution in [1.82, 2.24) is 0 Å². The molecule has 0 amide bonds. The number of hydrogen-bond donors (Lipinski definition) is 1. The van der Waals surface area contributed by atoms with Crippen LogP contribution in [0.5, 0.6) is 0 Å². The molecule has 0 saturated carbocycles. The Morgan fingerprint density at radius 1 is 1.10 bits per heavy atom. The molecular weight excluding hydrogens is 269 g/mol. The predicted molar refractivity (Wildman–Crippen MR) is 80.5 cm³/mol. The molecule has 106 valence electrons. The normalized spacial score (nSPS) is 12.5. The van der Waals surface area contributed by atoms with Crippen LogP contribution in [0.3, 0.4) is 0 Å². The monoisotopic (exact) mass is 283 g/mol. The largest absolute Gasteiger partial charge is 0.452 e. The first-order valence-corrected chi connectivity index (χ1v) is 6.66. The van der Waals surface area contributed by atoms with Gasteiger partial charge in [0.15, 0.2) is 16.8 Å². The lowest BCUT2D eigenvalue weighted by molar-refractivity contribution is 0.552. The van der Waals surface area contributed by atoms with Crippen molar-refractivity contribution in [3.8, 4) is 11.3 Å². The van der Waals surface area contributed by atoms with Crippen LogP contribution in [0.1, 0.15) is 18.5 Å². The Kier molecular flexibility index (Phi) is 3.31. The maximum Gasteiger partial charge on any atom is 0.198 e. The number of fused-ring (bicyclic) bond motifs is 1. The van der Waals surface area contributed by atoms with Gasteiger partial charge in [0, 0.05) is 11.6 Å². The molecule has 3 rings (SSSR count). The van der Waals surface area contributed by atoms with Crippen molar-refractivity contribution in [2.75, 3.05) is 0 Å². The van der Waals surface area contributed by atoms with Crippen LogP contribution in [0.2, 0.25) is 0 Å². The third-order valence-corrected chi connectivity index (χ3v) is 3.40. The standard InChI is InChI=1S/C17H14FNO2/c1-10(19)14-15(20)12-8-5-9-13(18)17(12)21-16(14)11-6-3-2-4-7-11/h2-10H,19H2,1H3. The van der Waals surface area contributed by atoms with Gasteiger partial charge in [-0.1, -0.05) is 36.4 Å². The molecule has 1 unspecified atom stereocenters. The number of benzene rings is 2. The van der Waals surface area contributed by atoms with Crippen molar-refractivity contribution in [1.29, 1.82) is 0 Å². The van der Waals surface area contributed by atoms with Gasteiger partial charge in [-0.15, -0.1) is 0 Å². The Balaban J connectivity index is 2.46. The second-order valence-corrected chi connectivity index (χ2v) is 4.95. The fraction of sp³-hybridized carbons (Fsp3) is 0.118.